The number of thiophene rings is 1. The Morgan fingerprint density at radius 2 is 2.33 bits per heavy atom. The van der Waals surface area contributed by atoms with Gasteiger partial charge in [0.1, 0.15) is 4.88 Å². The largest absolute Gasteiger partial charge is 0.477 e. The summed E-state index contributed by atoms with van der Waals surface area (Å²) < 4.78 is 0. The number of carbonyl (C=O) groups is 1. The lowest BCUT2D eigenvalue weighted by Gasteiger charge is -2.34. The van der Waals surface area contributed by atoms with Crippen LogP contribution in [-0.2, 0) is 6.54 Å². The van der Waals surface area contributed by atoms with Crippen LogP contribution in [0.1, 0.15) is 39.4 Å². The Labute approximate surface area is 111 Å². The Hall–Kier alpha value is -0.910. The second kappa shape index (κ2) is 5.82. The average Bonchev–Trinajstić information content (AvgIpc) is 2.72. The number of hydrogen-bond acceptors (Lipinski definition) is 4. The summed E-state index contributed by atoms with van der Waals surface area (Å²) in [6.07, 6.45) is 3.36. The molecule has 0 saturated carbocycles. The van der Waals surface area contributed by atoms with Crippen LogP contribution in [0, 0.1) is 6.92 Å². The van der Waals surface area contributed by atoms with Gasteiger partial charge in [-0.3, -0.25) is 4.90 Å². The van der Waals surface area contributed by atoms with Crippen molar-refractivity contribution in [1.29, 1.82) is 0 Å². The predicted molar refractivity (Wildman–Crippen MR) is 71.2 cm³/mol. The average molecular weight is 269 g/mol. The van der Waals surface area contributed by atoms with Crippen LogP contribution in [0.5, 0.6) is 0 Å². The van der Waals surface area contributed by atoms with Gasteiger partial charge in [0, 0.05) is 17.5 Å². The van der Waals surface area contributed by atoms with Crippen LogP contribution in [0.15, 0.2) is 6.07 Å². The minimum absolute atomic E-state index is 0.189. The smallest absolute Gasteiger partial charge is 0.345 e. The molecule has 1 aromatic rings. The van der Waals surface area contributed by atoms with E-state index in [1.165, 1.54) is 17.8 Å². The third-order valence-electron chi connectivity index (χ3n) is 3.56. The van der Waals surface area contributed by atoms with Gasteiger partial charge in [-0.25, -0.2) is 4.79 Å². The highest BCUT2D eigenvalue weighted by atomic mass is 32.1. The second-order valence-corrected chi connectivity index (χ2v) is 6.06. The fourth-order valence-electron chi connectivity index (χ4n) is 2.48. The van der Waals surface area contributed by atoms with E-state index < -0.39 is 5.97 Å². The maximum absolute atomic E-state index is 10.9. The zero-order chi connectivity index (χ0) is 13.1. The standard InChI is InChI=1S/C13H19NO3S/c1-9-10(6-12(18-9)13(16)17)7-14-5-3-2-4-11(14)8-15/h6,11,15H,2-5,7-8H2,1H3,(H,16,17). The van der Waals surface area contributed by atoms with Gasteiger partial charge in [0.05, 0.1) is 6.61 Å². The number of piperidine rings is 1. The summed E-state index contributed by atoms with van der Waals surface area (Å²) in [7, 11) is 0. The fraction of sp³-hybridized carbons (Fsp3) is 0.615. The van der Waals surface area contributed by atoms with E-state index in [0.29, 0.717) is 4.88 Å². The molecule has 1 aromatic heterocycles. The molecule has 2 N–H and O–H groups in total. The van der Waals surface area contributed by atoms with Crippen molar-refractivity contribution in [3.63, 3.8) is 0 Å². The van der Waals surface area contributed by atoms with Crippen molar-refractivity contribution in [2.24, 2.45) is 0 Å². The van der Waals surface area contributed by atoms with Crippen LogP contribution in [0.3, 0.4) is 0 Å². The SMILES string of the molecule is Cc1sc(C(=O)O)cc1CN1CCCCC1CO. The lowest BCUT2D eigenvalue weighted by molar-refractivity contribution is 0.0701. The Kier molecular flexibility index (Phi) is 4.37. The predicted octanol–water partition coefficient (Wildman–Crippen LogP) is 2.10. The lowest BCUT2D eigenvalue weighted by atomic mass is 10.0. The number of aromatic carboxylic acids is 1. The van der Waals surface area contributed by atoms with E-state index >= 15 is 0 Å². The van der Waals surface area contributed by atoms with Crippen LogP contribution < -0.4 is 0 Å². The molecule has 0 amide bonds. The van der Waals surface area contributed by atoms with Crippen molar-refractivity contribution in [1.82, 2.24) is 4.90 Å². The third kappa shape index (κ3) is 2.91. The first kappa shape index (κ1) is 13.5. The molecule has 0 aromatic carbocycles. The number of hydrogen-bond donors (Lipinski definition) is 2. The monoisotopic (exact) mass is 269 g/mol. The Morgan fingerprint density at radius 3 is 2.94 bits per heavy atom. The van der Waals surface area contributed by atoms with E-state index in [9.17, 15) is 9.90 Å². The van der Waals surface area contributed by atoms with E-state index in [1.54, 1.807) is 6.07 Å². The van der Waals surface area contributed by atoms with Crippen molar-refractivity contribution in [3.05, 3.63) is 21.4 Å². The summed E-state index contributed by atoms with van der Waals surface area (Å²) >= 11 is 1.33. The molecule has 0 spiro atoms. The molecule has 0 bridgehead atoms. The summed E-state index contributed by atoms with van der Waals surface area (Å²) in [5.74, 6) is -0.855. The first-order valence-electron chi connectivity index (χ1n) is 6.29. The number of aliphatic hydroxyl groups is 1. The van der Waals surface area contributed by atoms with Gasteiger partial charge in [0.25, 0.3) is 0 Å². The van der Waals surface area contributed by atoms with Crippen molar-refractivity contribution >= 4 is 17.3 Å². The van der Waals surface area contributed by atoms with Crippen LogP contribution >= 0.6 is 11.3 Å². The van der Waals surface area contributed by atoms with Crippen molar-refractivity contribution in [2.75, 3.05) is 13.2 Å². The molecule has 1 aliphatic heterocycles. The third-order valence-corrected chi connectivity index (χ3v) is 4.65. The lowest BCUT2D eigenvalue weighted by Crippen LogP contribution is -2.41. The maximum Gasteiger partial charge on any atom is 0.345 e. The summed E-state index contributed by atoms with van der Waals surface area (Å²) in [5, 5.41) is 18.4. The quantitative estimate of drug-likeness (QED) is 0.879. The molecule has 4 nitrogen and oxygen atoms in total. The van der Waals surface area contributed by atoms with Gasteiger partial charge < -0.3 is 10.2 Å². The van der Waals surface area contributed by atoms with E-state index in [4.69, 9.17) is 5.11 Å². The first-order valence-corrected chi connectivity index (χ1v) is 7.11. The van der Waals surface area contributed by atoms with Crippen LogP contribution in [0.25, 0.3) is 0 Å². The van der Waals surface area contributed by atoms with Gasteiger partial charge in [0.2, 0.25) is 0 Å². The molecule has 5 heteroatoms. The summed E-state index contributed by atoms with van der Waals surface area (Å²) in [5.41, 5.74) is 1.08. The van der Waals surface area contributed by atoms with E-state index in [-0.39, 0.29) is 12.6 Å². The number of likely N-dealkylation sites (tertiary alicyclic amines) is 1. The molecule has 0 radical (unpaired) electrons. The molecule has 2 heterocycles. The van der Waals surface area contributed by atoms with Crippen LogP contribution in [0.2, 0.25) is 0 Å². The maximum atomic E-state index is 10.9. The Balaban J connectivity index is 2.10. The zero-order valence-electron chi connectivity index (χ0n) is 10.6. The molecular formula is C13H19NO3S. The van der Waals surface area contributed by atoms with Crippen molar-refractivity contribution in [3.8, 4) is 0 Å². The molecule has 1 fully saturated rings. The number of rotatable bonds is 4. The zero-order valence-corrected chi connectivity index (χ0v) is 11.4. The van der Waals surface area contributed by atoms with Gasteiger partial charge in [-0.05, 0) is 37.9 Å². The highest BCUT2D eigenvalue weighted by Gasteiger charge is 2.23. The number of nitrogens with zero attached hydrogens (tertiary/aromatic N) is 1. The highest BCUT2D eigenvalue weighted by Crippen LogP contribution is 2.26. The highest BCUT2D eigenvalue weighted by molar-refractivity contribution is 7.14. The van der Waals surface area contributed by atoms with Gasteiger partial charge in [-0.1, -0.05) is 6.42 Å². The Morgan fingerprint density at radius 1 is 1.56 bits per heavy atom. The van der Waals surface area contributed by atoms with Gasteiger partial charge in [-0.15, -0.1) is 11.3 Å². The molecule has 1 aliphatic rings. The van der Waals surface area contributed by atoms with Gasteiger partial charge in [-0.2, -0.15) is 0 Å². The molecule has 100 valence electrons. The molecule has 1 saturated heterocycles. The number of carboxylic acid groups (broad SMARTS) is 1. The molecule has 1 unspecified atom stereocenters. The van der Waals surface area contributed by atoms with E-state index in [2.05, 4.69) is 4.90 Å². The fourth-order valence-corrected chi connectivity index (χ4v) is 3.35. The summed E-state index contributed by atoms with van der Waals surface area (Å²) in [6, 6.07) is 2.00. The minimum atomic E-state index is -0.855. The van der Waals surface area contributed by atoms with Gasteiger partial charge >= 0.3 is 5.97 Å². The van der Waals surface area contributed by atoms with E-state index in [0.717, 1.165) is 36.4 Å². The van der Waals surface area contributed by atoms with Crippen LogP contribution in [-0.4, -0.2) is 40.3 Å². The normalized spacial score (nSPS) is 21.1. The molecular weight excluding hydrogens is 250 g/mol. The summed E-state index contributed by atoms with van der Waals surface area (Å²) in [4.78, 5) is 14.7. The number of aryl methyl sites for hydroxylation is 1. The van der Waals surface area contributed by atoms with Crippen molar-refractivity contribution < 1.29 is 15.0 Å². The number of carboxylic acids is 1. The Bertz CT molecular complexity index is 430. The summed E-state index contributed by atoms with van der Waals surface area (Å²) in [6.45, 7) is 3.89. The minimum Gasteiger partial charge on any atom is -0.477 e. The second-order valence-electron chi connectivity index (χ2n) is 4.80. The van der Waals surface area contributed by atoms with Crippen LogP contribution in [0.4, 0.5) is 0 Å². The van der Waals surface area contributed by atoms with Crippen molar-refractivity contribution in [2.45, 2.75) is 38.8 Å². The topological polar surface area (TPSA) is 60.8 Å². The first-order chi connectivity index (χ1) is 8.61. The number of aliphatic hydroxyl groups excluding tert-OH is 1. The molecule has 2 rings (SSSR count). The molecule has 18 heavy (non-hydrogen) atoms. The van der Waals surface area contributed by atoms with E-state index in [1.807, 2.05) is 6.92 Å². The molecule has 0 aliphatic carbocycles. The van der Waals surface area contributed by atoms with Gasteiger partial charge in [0.15, 0.2) is 0 Å². The molecule has 1 atom stereocenters.